The highest BCUT2D eigenvalue weighted by Crippen LogP contribution is 2.22. The normalized spacial score (nSPS) is 11.4. The standard InChI is InChI=1S/C12H17NO3S/c1-8-9(2)11(17(5,15)16)7-6-10(8)12(14)13(3)4/h6-7H,1-5H3. The van der Waals surface area contributed by atoms with E-state index in [0.29, 0.717) is 16.7 Å². The maximum atomic E-state index is 11.9. The van der Waals surface area contributed by atoms with E-state index in [-0.39, 0.29) is 10.8 Å². The molecule has 0 saturated carbocycles. The van der Waals surface area contributed by atoms with Gasteiger partial charge in [-0.05, 0) is 37.1 Å². The van der Waals surface area contributed by atoms with Crippen LogP contribution < -0.4 is 0 Å². The third kappa shape index (κ3) is 2.66. The van der Waals surface area contributed by atoms with E-state index in [1.165, 1.54) is 17.2 Å². The van der Waals surface area contributed by atoms with E-state index in [9.17, 15) is 13.2 Å². The molecule has 0 heterocycles. The van der Waals surface area contributed by atoms with Crippen molar-refractivity contribution >= 4 is 15.7 Å². The van der Waals surface area contributed by atoms with Crippen molar-refractivity contribution in [2.75, 3.05) is 20.4 Å². The lowest BCUT2D eigenvalue weighted by Crippen LogP contribution is -2.23. The van der Waals surface area contributed by atoms with Crippen molar-refractivity contribution < 1.29 is 13.2 Å². The summed E-state index contributed by atoms with van der Waals surface area (Å²) < 4.78 is 23.1. The fourth-order valence-corrected chi connectivity index (χ4v) is 2.69. The molecule has 0 unspecified atom stereocenters. The number of rotatable bonds is 2. The molecule has 1 aromatic rings. The first-order valence-electron chi connectivity index (χ1n) is 5.18. The van der Waals surface area contributed by atoms with E-state index in [4.69, 9.17) is 0 Å². The van der Waals surface area contributed by atoms with Gasteiger partial charge in [-0.1, -0.05) is 0 Å². The Morgan fingerprint density at radius 3 is 2.06 bits per heavy atom. The lowest BCUT2D eigenvalue weighted by molar-refractivity contribution is 0.0826. The van der Waals surface area contributed by atoms with Crippen LogP contribution in [-0.4, -0.2) is 39.6 Å². The van der Waals surface area contributed by atoms with E-state index in [1.807, 2.05) is 0 Å². The van der Waals surface area contributed by atoms with Crippen LogP contribution in [-0.2, 0) is 9.84 Å². The molecule has 0 radical (unpaired) electrons. The fraction of sp³-hybridized carbons (Fsp3) is 0.417. The van der Waals surface area contributed by atoms with Crippen LogP contribution >= 0.6 is 0 Å². The molecule has 4 nitrogen and oxygen atoms in total. The maximum absolute atomic E-state index is 11.9. The number of hydrogen-bond donors (Lipinski definition) is 0. The van der Waals surface area contributed by atoms with E-state index in [1.54, 1.807) is 34.0 Å². The molecule has 0 spiro atoms. The molecule has 0 N–H and O–H groups in total. The summed E-state index contributed by atoms with van der Waals surface area (Å²) >= 11 is 0. The van der Waals surface area contributed by atoms with Gasteiger partial charge in [-0.3, -0.25) is 4.79 Å². The first kappa shape index (κ1) is 13.7. The highest BCUT2D eigenvalue weighted by atomic mass is 32.2. The summed E-state index contributed by atoms with van der Waals surface area (Å²) in [6, 6.07) is 3.06. The van der Waals surface area contributed by atoms with Crippen LogP contribution in [0.4, 0.5) is 0 Å². The van der Waals surface area contributed by atoms with Gasteiger partial charge >= 0.3 is 0 Å². The summed E-state index contributed by atoms with van der Waals surface area (Å²) in [6.07, 6.45) is 1.17. The average Bonchev–Trinajstić information content (AvgIpc) is 2.19. The molecule has 0 saturated heterocycles. The van der Waals surface area contributed by atoms with Gasteiger partial charge in [0.2, 0.25) is 0 Å². The van der Waals surface area contributed by atoms with Gasteiger partial charge in [-0.25, -0.2) is 8.42 Å². The molecule has 5 heteroatoms. The Balaban J connectivity index is 3.45. The summed E-state index contributed by atoms with van der Waals surface area (Å²) in [5, 5.41) is 0. The van der Waals surface area contributed by atoms with E-state index in [0.717, 1.165) is 0 Å². The van der Waals surface area contributed by atoms with Crippen molar-refractivity contribution in [1.82, 2.24) is 4.90 Å². The minimum Gasteiger partial charge on any atom is -0.345 e. The van der Waals surface area contributed by atoms with Gasteiger partial charge in [-0.15, -0.1) is 0 Å². The predicted octanol–water partition coefficient (Wildman–Crippen LogP) is 1.41. The Kier molecular flexibility index (Phi) is 3.62. The summed E-state index contributed by atoms with van der Waals surface area (Å²) in [7, 11) is 0.0929. The Morgan fingerprint density at radius 1 is 1.12 bits per heavy atom. The number of carbonyl (C=O) groups excluding carboxylic acids is 1. The van der Waals surface area contributed by atoms with Crippen molar-refractivity contribution in [3.8, 4) is 0 Å². The third-order valence-corrected chi connectivity index (χ3v) is 4.01. The molecule has 0 atom stereocenters. The molecule has 0 aromatic heterocycles. The lowest BCUT2D eigenvalue weighted by atomic mass is 10.0. The molecular formula is C12H17NO3S. The van der Waals surface area contributed by atoms with Gasteiger partial charge in [-0.2, -0.15) is 0 Å². The second-order valence-electron chi connectivity index (χ2n) is 4.33. The topological polar surface area (TPSA) is 54.5 Å². The molecule has 0 aliphatic heterocycles. The number of carbonyl (C=O) groups is 1. The molecule has 1 rings (SSSR count). The smallest absolute Gasteiger partial charge is 0.253 e. The van der Waals surface area contributed by atoms with Crippen LogP contribution in [0.15, 0.2) is 17.0 Å². The average molecular weight is 255 g/mol. The quantitative estimate of drug-likeness (QED) is 0.803. The first-order valence-corrected chi connectivity index (χ1v) is 7.07. The number of nitrogens with zero attached hydrogens (tertiary/aromatic N) is 1. The Labute approximate surface area is 102 Å². The largest absolute Gasteiger partial charge is 0.345 e. The molecule has 94 valence electrons. The van der Waals surface area contributed by atoms with Crippen LogP contribution in [0.3, 0.4) is 0 Å². The molecule has 17 heavy (non-hydrogen) atoms. The van der Waals surface area contributed by atoms with Gasteiger partial charge in [0.1, 0.15) is 0 Å². The van der Waals surface area contributed by atoms with Crippen LogP contribution in [0.2, 0.25) is 0 Å². The SMILES string of the molecule is Cc1c(C(=O)N(C)C)ccc(S(C)(=O)=O)c1C. The zero-order valence-electron chi connectivity index (χ0n) is 10.7. The minimum absolute atomic E-state index is 0.120. The second kappa shape index (κ2) is 4.49. The lowest BCUT2D eigenvalue weighted by Gasteiger charge is -2.15. The van der Waals surface area contributed by atoms with Gasteiger partial charge in [0.15, 0.2) is 9.84 Å². The van der Waals surface area contributed by atoms with Crippen LogP contribution in [0, 0.1) is 13.8 Å². The number of benzene rings is 1. The van der Waals surface area contributed by atoms with Crippen LogP contribution in [0.1, 0.15) is 21.5 Å². The minimum atomic E-state index is -3.24. The summed E-state index contributed by atoms with van der Waals surface area (Å²) in [4.78, 5) is 13.6. The molecule has 0 fully saturated rings. The zero-order valence-corrected chi connectivity index (χ0v) is 11.6. The van der Waals surface area contributed by atoms with Gasteiger partial charge in [0.25, 0.3) is 5.91 Å². The van der Waals surface area contributed by atoms with E-state index >= 15 is 0 Å². The molecule has 0 aliphatic rings. The highest BCUT2D eigenvalue weighted by Gasteiger charge is 2.18. The zero-order chi connectivity index (χ0) is 13.4. The third-order valence-electron chi connectivity index (χ3n) is 2.77. The maximum Gasteiger partial charge on any atom is 0.253 e. The van der Waals surface area contributed by atoms with Gasteiger partial charge in [0.05, 0.1) is 4.90 Å². The van der Waals surface area contributed by atoms with Crippen molar-refractivity contribution in [3.63, 3.8) is 0 Å². The monoisotopic (exact) mass is 255 g/mol. The second-order valence-corrected chi connectivity index (χ2v) is 6.32. The Hall–Kier alpha value is -1.36. The van der Waals surface area contributed by atoms with Crippen LogP contribution in [0.5, 0.6) is 0 Å². The van der Waals surface area contributed by atoms with Crippen molar-refractivity contribution in [3.05, 3.63) is 28.8 Å². The first-order chi connectivity index (χ1) is 7.66. The van der Waals surface area contributed by atoms with Gasteiger partial charge in [0, 0.05) is 25.9 Å². The predicted molar refractivity (Wildman–Crippen MR) is 67.0 cm³/mol. The summed E-state index contributed by atoms with van der Waals surface area (Å²) in [5.74, 6) is -0.120. The molecule has 0 bridgehead atoms. The Bertz CT molecular complexity index is 559. The Morgan fingerprint density at radius 2 is 1.65 bits per heavy atom. The summed E-state index contributed by atoms with van der Waals surface area (Å²) in [5.41, 5.74) is 1.90. The van der Waals surface area contributed by atoms with Gasteiger partial charge < -0.3 is 4.90 Å². The van der Waals surface area contributed by atoms with Crippen LogP contribution in [0.25, 0.3) is 0 Å². The molecule has 0 aliphatic carbocycles. The van der Waals surface area contributed by atoms with E-state index in [2.05, 4.69) is 0 Å². The molecule has 1 amide bonds. The number of sulfone groups is 1. The van der Waals surface area contributed by atoms with E-state index < -0.39 is 9.84 Å². The number of amides is 1. The molecular weight excluding hydrogens is 238 g/mol. The number of hydrogen-bond acceptors (Lipinski definition) is 3. The van der Waals surface area contributed by atoms with Crippen molar-refractivity contribution in [2.45, 2.75) is 18.7 Å². The summed E-state index contributed by atoms with van der Waals surface area (Å²) in [6.45, 7) is 3.49. The highest BCUT2D eigenvalue weighted by molar-refractivity contribution is 7.90. The van der Waals surface area contributed by atoms with Crippen molar-refractivity contribution in [1.29, 1.82) is 0 Å². The van der Waals surface area contributed by atoms with Crippen molar-refractivity contribution in [2.24, 2.45) is 0 Å². The molecule has 1 aromatic carbocycles. The fourth-order valence-electron chi connectivity index (χ4n) is 1.67.